The van der Waals surface area contributed by atoms with Crippen molar-refractivity contribution in [3.05, 3.63) is 36.6 Å². The summed E-state index contributed by atoms with van der Waals surface area (Å²) in [5.74, 6) is -0.604. The molecule has 0 bridgehead atoms. The van der Waals surface area contributed by atoms with Crippen LogP contribution in [0.3, 0.4) is 0 Å². The number of carbonyl (C=O) groups excluding carboxylic acids is 2. The second-order valence-electron chi connectivity index (χ2n) is 2.70. The summed E-state index contributed by atoms with van der Waals surface area (Å²) in [7, 11) is 0. The highest BCUT2D eigenvalue weighted by atomic mass is 16.2. The van der Waals surface area contributed by atoms with Crippen LogP contribution in [0.15, 0.2) is 36.6 Å². The van der Waals surface area contributed by atoms with Gasteiger partial charge in [-0.3, -0.25) is 14.5 Å². The van der Waals surface area contributed by atoms with Gasteiger partial charge in [0.2, 0.25) is 11.8 Å². The minimum atomic E-state index is -0.302. The molecule has 0 aromatic rings. The van der Waals surface area contributed by atoms with Crippen LogP contribution in [-0.2, 0) is 9.59 Å². The van der Waals surface area contributed by atoms with Gasteiger partial charge in [0.1, 0.15) is 0 Å². The second kappa shape index (κ2) is 5.91. The highest BCUT2D eigenvalue weighted by Crippen LogP contribution is 2.07. The van der Waals surface area contributed by atoms with Crippen LogP contribution >= 0.6 is 0 Å². The SMILES string of the molecule is C=C/C=C(\C=C/C)N(C(C)=O)C(C)=O. The third-order valence-corrected chi connectivity index (χ3v) is 1.51. The van der Waals surface area contributed by atoms with Gasteiger partial charge in [0, 0.05) is 13.8 Å². The normalized spacial score (nSPS) is 11.5. The predicted octanol–water partition coefficient (Wildman–Crippen LogP) is 2.03. The van der Waals surface area contributed by atoms with Crippen LogP contribution in [0.5, 0.6) is 0 Å². The van der Waals surface area contributed by atoms with E-state index < -0.39 is 0 Å². The number of imide groups is 1. The summed E-state index contributed by atoms with van der Waals surface area (Å²) in [6.07, 6.45) is 6.59. The standard InChI is InChI=1S/C11H15NO2/c1-5-7-11(8-6-2)12(9(3)13)10(4)14/h5-8H,1H2,2-4H3/b8-6-,11-7+. The minimum absolute atomic E-state index is 0.302. The van der Waals surface area contributed by atoms with E-state index in [4.69, 9.17) is 0 Å². The lowest BCUT2D eigenvalue weighted by molar-refractivity contribution is -0.139. The monoisotopic (exact) mass is 193 g/mol. The predicted molar refractivity (Wildman–Crippen MR) is 56.3 cm³/mol. The number of hydrogen-bond donors (Lipinski definition) is 0. The van der Waals surface area contributed by atoms with Crippen molar-refractivity contribution in [3.8, 4) is 0 Å². The Balaban J connectivity index is 5.12. The Hall–Kier alpha value is -1.64. The first kappa shape index (κ1) is 12.4. The molecule has 0 rings (SSSR count). The van der Waals surface area contributed by atoms with E-state index in [0.29, 0.717) is 5.70 Å². The van der Waals surface area contributed by atoms with E-state index >= 15 is 0 Å². The summed E-state index contributed by atoms with van der Waals surface area (Å²) in [5.41, 5.74) is 0.530. The number of rotatable bonds is 3. The van der Waals surface area contributed by atoms with E-state index in [1.54, 1.807) is 18.2 Å². The molecule has 3 heteroatoms. The third-order valence-electron chi connectivity index (χ3n) is 1.51. The molecule has 0 saturated carbocycles. The van der Waals surface area contributed by atoms with Crippen LogP contribution in [0.4, 0.5) is 0 Å². The van der Waals surface area contributed by atoms with Crippen molar-refractivity contribution in [3.63, 3.8) is 0 Å². The molecule has 2 amide bonds. The maximum Gasteiger partial charge on any atom is 0.230 e. The molecule has 0 saturated heterocycles. The fourth-order valence-corrected chi connectivity index (χ4v) is 1.08. The Morgan fingerprint density at radius 3 is 2.00 bits per heavy atom. The van der Waals surface area contributed by atoms with Crippen molar-refractivity contribution < 1.29 is 9.59 Å². The molecular formula is C11H15NO2. The molecule has 0 N–H and O–H groups in total. The van der Waals surface area contributed by atoms with Gasteiger partial charge >= 0.3 is 0 Å². The first-order valence-electron chi connectivity index (χ1n) is 4.31. The van der Waals surface area contributed by atoms with Gasteiger partial charge in [-0.25, -0.2) is 0 Å². The fourth-order valence-electron chi connectivity index (χ4n) is 1.08. The van der Waals surface area contributed by atoms with Gasteiger partial charge in [-0.2, -0.15) is 0 Å². The van der Waals surface area contributed by atoms with Crippen molar-refractivity contribution in [1.29, 1.82) is 0 Å². The van der Waals surface area contributed by atoms with Crippen molar-refractivity contribution in [1.82, 2.24) is 4.90 Å². The molecule has 3 nitrogen and oxygen atoms in total. The molecule has 0 aliphatic rings. The molecule has 0 fully saturated rings. The Labute approximate surface area is 84.4 Å². The average molecular weight is 193 g/mol. The van der Waals surface area contributed by atoms with Gasteiger partial charge in [-0.1, -0.05) is 18.7 Å². The van der Waals surface area contributed by atoms with Crippen molar-refractivity contribution in [2.75, 3.05) is 0 Å². The molecule has 0 aromatic heterocycles. The van der Waals surface area contributed by atoms with Crippen molar-refractivity contribution >= 4 is 11.8 Å². The van der Waals surface area contributed by atoms with Crippen molar-refractivity contribution in [2.24, 2.45) is 0 Å². The average Bonchev–Trinajstić information content (AvgIpc) is 2.03. The number of nitrogens with zero attached hydrogens (tertiary/aromatic N) is 1. The molecule has 76 valence electrons. The zero-order chi connectivity index (χ0) is 11.1. The highest BCUT2D eigenvalue weighted by Gasteiger charge is 2.15. The van der Waals surface area contributed by atoms with Crippen LogP contribution in [0.2, 0.25) is 0 Å². The number of hydrogen-bond acceptors (Lipinski definition) is 2. The van der Waals surface area contributed by atoms with Gasteiger partial charge in [0.15, 0.2) is 0 Å². The quantitative estimate of drug-likeness (QED) is 0.643. The summed E-state index contributed by atoms with van der Waals surface area (Å²) in [4.78, 5) is 23.4. The maximum atomic E-state index is 11.2. The fraction of sp³-hybridized carbons (Fsp3) is 0.273. The molecule has 0 heterocycles. The van der Waals surface area contributed by atoms with E-state index in [-0.39, 0.29) is 11.8 Å². The molecule has 14 heavy (non-hydrogen) atoms. The molecule has 0 atom stereocenters. The minimum Gasteiger partial charge on any atom is -0.274 e. The highest BCUT2D eigenvalue weighted by molar-refractivity contribution is 5.95. The third kappa shape index (κ3) is 3.39. The lowest BCUT2D eigenvalue weighted by Gasteiger charge is -2.17. The smallest absolute Gasteiger partial charge is 0.230 e. The Kier molecular flexibility index (Phi) is 5.22. The molecule has 0 unspecified atom stereocenters. The summed E-state index contributed by atoms with van der Waals surface area (Å²) in [5, 5.41) is 0. The first-order chi connectivity index (χ1) is 6.54. The Bertz CT molecular complexity index is 286. The largest absolute Gasteiger partial charge is 0.274 e. The van der Waals surface area contributed by atoms with Gasteiger partial charge in [-0.15, -0.1) is 0 Å². The number of allylic oxidation sites excluding steroid dienone is 4. The molecule has 0 radical (unpaired) electrons. The van der Waals surface area contributed by atoms with E-state index in [1.807, 2.05) is 6.92 Å². The molecule has 0 aliphatic carbocycles. The van der Waals surface area contributed by atoms with E-state index in [9.17, 15) is 9.59 Å². The Morgan fingerprint density at radius 2 is 1.71 bits per heavy atom. The zero-order valence-corrected chi connectivity index (χ0v) is 8.78. The van der Waals surface area contributed by atoms with E-state index in [1.165, 1.54) is 19.9 Å². The number of carbonyl (C=O) groups is 2. The summed E-state index contributed by atoms with van der Waals surface area (Å²) >= 11 is 0. The molecule has 0 aliphatic heterocycles. The zero-order valence-electron chi connectivity index (χ0n) is 8.78. The van der Waals surface area contributed by atoms with Gasteiger partial charge < -0.3 is 0 Å². The maximum absolute atomic E-state index is 11.2. The van der Waals surface area contributed by atoms with Crippen LogP contribution in [0.25, 0.3) is 0 Å². The Morgan fingerprint density at radius 1 is 1.21 bits per heavy atom. The van der Waals surface area contributed by atoms with E-state index in [2.05, 4.69) is 6.58 Å². The topological polar surface area (TPSA) is 37.4 Å². The van der Waals surface area contributed by atoms with E-state index in [0.717, 1.165) is 4.90 Å². The van der Waals surface area contributed by atoms with Crippen LogP contribution in [0.1, 0.15) is 20.8 Å². The summed E-state index contributed by atoms with van der Waals surface area (Å²) in [6.45, 7) is 8.04. The van der Waals surface area contributed by atoms with Crippen LogP contribution in [-0.4, -0.2) is 16.7 Å². The molecular weight excluding hydrogens is 178 g/mol. The summed E-state index contributed by atoms with van der Waals surface area (Å²) in [6, 6.07) is 0. The van der Waals surface area contributed by atoms with Gasteiger partial charge in [0.25, 0.3) is 0 Å². The molecule has 0 aromatic carbocycles. The molecule has 0 spiro atoms. The van der Waals surface area contributed by atoms with Gasteiger partial charge in [-0.05, 0) is 19.1 Å². The van der Waals surface area contributed by atoms with Crippen molar-refractivity contribution in [2.45, 2.75) is 20.8 Å². The van der Waals surface area contributed by atoms with Crippen LogP contribution in [0, 0.1) is 0 Å². The lowest BCUT2D eigenvalue weighted by atomic mass is 10.3. The second-order valence-corrected chi connectivity index (χ2v) is 2.70. The summed E-state index contributed by atoms with van der Waals surface area (Å²) < 4.78 is 0. The lowest BCUT2D eigenvalue weighted by Crippen LogP contribution is -2.31. The van der Waals surface area contributed by atoms with Gasteiger partial charge in [0.05, 0.1) is 5.70 Å². The number of amides is 2. The first-order valence-corrected chi connectivity index (χ1v) is 4.31. The van der Waals surface area contributed by atoms with Crippen LogP contribution < -0.4 is 0 Å².